The summed E-state index contributed by atoms with van der Waals surface area (Å²) in [4.78, 5) is 22.8. The van der Waals surface area contributed by atoms with E-state index in [1.807, 2.05) is 19.9 Å². The van der Waals surface area contributed by atoms with Gasteiger partial charge in [-0.25, -0.2) is 4.79 Å². The number of hydrogen-bond acceptors (Lipinski definition) is 3. The van der Waals surface area contributed by atoms with Crippen molar-refractivity contribution >= 4 is 29.2 Å². The van der Waals surface area contributed by atoms with Crippen molar-refractivity contribution in [2.75, 3.05) is 11.9 Å². The van der Waals surface area contributed by atoms with Gasteiger partial charge in [0.1, 0.15) is 0 Å². The zero-order chi connectivity index (χ0) is 15.0. The van der Waals surface area contributed by atoms with Crippen LogP contribution in [0.1, 0.15) is 12.5 Å². The molecule has 0 aliphatic rings. The highest BCUT2D eigenvalue weighted by Gasteiger charge is 2.07. The van der Waals surface area contributed by atoms with Gasteiger partial charge in [-0.15, -0.1) is 0 Å². The third-order valence-corrected chi connectivity index (χ3v) is 2.59. The van der Waals surface area contributed by atoms with Crippen LogP contribution in [0.2, 0.25) is 5.02 Å². The molecule has 1 rings (SSSR count). The van der Waals surface area contributed by atoms with Crippen molar-refractivity contribution in [1.82, 2.24) is 0 Å². The summed E-state index contributed by atoms with van der Waals surface area (Å²) in [6, 6.07) is 5.26. The Kier molecular flexibility index (Phi) is 6.53. The molecule has 0 heterocycles. The number of esters is 1. The van der Waals surface area contributed by atoms with E-state index in [0.29, 0.717) is 10.7 Å². The fourth-order valence-corrected chi connectivity index (χ4v) is 1.62. The Balaban J connectivity index is 2.46. The van der Waals surface area contributed by atoms with Gasteiger partial charge in [0.2, 0.25) is 0 Å². The first-order valence-corrected chi connectivity index (χ1v) is 6.43. The smallest absolute Gasteiger partial charge is 0.331 e. The topological polar surface area (TPSA) is 55.4 Å². The molecule has 4 nitrogen and oxygen atoms in total. The molecule has 1 aromatic rings. The van der Waals surface area contributed by atoms with Gasteiger partial charge in [-0.3, -0.25) is 4.79 Å². The largest absolute Gasteiger partial charge is 0.452 e. The van der Waals surface area contributed by atoms with Crippen LogP contribution in [0.4, 0.5) is 5.69 Å². The Bertz CT molecular complexity index is 550. The van der Waals surface area contributed by atoms with Crippen molar-refractivity contribution in [3.63, 3.8) is 0 Å². The number of anilines is 1. The number of allylic oxidation sites excluding steroid dienone is 3. The van der Waals surface area contributed by atoms with E-state index in [1.54, 1.807) is 24.3 Å². The molecule has 0 aromatic heterocycles. The number of ether oxygens (including phenoxy) is 1. The first-order chi connectivity index (χ1) is 9.52. The standard InChI is InChI=1S/C15H16ClNO3/c1-3-4-5-6-15(19)20-10-14(18)17-13-8-7-11(2)9-12(13)16/h3-9H,10H2,1-2H3,(H,17,18)/b4-3+,6-5+. The predicted molar refractivity (Wildman–Crippen MR) is 79.7 cm³/mol. The average Bonchev–Trinajstić information content (AvgIpc) is 2.40. The second-order valence-electron chi connectivity index (χ2n) is 4.02. The van der Waals surface area contributed by atoms with E-state index >= 15 is 0 Å². The molecule has 0 spiro atoms. The maximum Gasteiger partial charge on any atom is 0.331 e. The van der Waals surface area contributed by atoms with Gasteiger partial charge in [-0.05, 0) is 31.5 Å². The Morgan fingerprint density at radius 3 is 2.75 bits per heavy atom. The van der Waals surface area contributed by atoms with Crippen molar-refractivity contribution in [1.29, 1.82) is 0 Å². The first-order valence-electron chi connectivity index (χ1n) is 6.05. The van der Waals surface area contributed by atoms with Crippen LogP contribution < -0.4 is 5.32 Å². The molecule has 0 radical (unpaired) electrons. The molecular formula is C15H16ClNO3. The van der Waals surface area contributed by atoms with Crippen molar-refractivity contribution in [3.8, 4) is 0 Å². The lowest BCUT2D eigenvalue weighted by molar-refractivity contribution is -0.142. The van der Waals surface area contributed by atoms with Gasteiger partial charge in [-0.1, -0.05) is 35.9 Å². The monoisotopic (exact) mass is 293 g/mol. The van der Waals surface area contributed by atoms with E-state index in [0.717, 1.165) is 5.56 Å². The summed E-state index contributed by atoms with van der Waals surface area (Å²) >= 11 is 5.98. The highest BCUT2D eigenvalue weighted by Crippen LogP contribution is 2.22. The zero-order valence-electron chi connectivity index (χ0n) is 11.4. The first kappa shape index (κ1) is 16.0. The molecule has 0 unspecified atom stereocenters. The maximum atomic E-state index is 11.6. The normalized spacial score (nSPS) is 10.9. The number of halogens is 1. The van der Waals surface area contributed by atoms with Crippen LogP contribution in [0.3, 0.4) is 0 Å². The fraction of sp³-hybridized carbons (Fsp3) is 0.200. The molecule has 1 N–H and O–H groups in total. The molecule has 106 valence electrons. The summed E-state index contributed by atoms with van der Waals surface area (Å²) in [5.41, 5.74) is 1.48. The van der Waals surface area contributed by atoms with Crippen molar-refractivity contribution < 1.29 is 14.3 Å². The Morgan fingerprint density at radius 1 is 1.35 bits per heavy atom. The van der Waals surface area contributed by atoms with Crippen molar-refractivity contribution in [2.24, 2.45) is 0 Å². The number of amides is 1. The van der Waals surface area contributed by atoms with Crippen LogP contribution in [0, 0.1) is 6.92 Å². The fourth-order valence-electron chi connectivity index (χ4n) is 1.34. The molecule has 0 atom stereocenters. The Labute approximate surface area is 123 Å². The van der Waals surface area contributed by atoms with Gasteiger partial charge in [0.15, 0.2) is 6.61 Å². The third kappa shape index (κ3) is 5.71. The summed E-state index contributed by atoms with van der Waals surface area (Å²) in [7, 11) is 0. The van der Waals surface area contributed by atoms with Gasteiger partial charge in [0.25, 0.3) is 5.91 Å². The number of nitrogens with one attached hydrogen (secondary N) is 1. The summed E-state index contributed by atoms with van der Waals surface area (Å²) < 4.78 is 4.77. The van der Waals surface area contributed by atoms with E-state index in [1.165, 1.54) is 12.2 Å². The minimum Gasteiger partial charge on any atom is -0.452 e. The van der Waals surface area contributed by atoms with Gasteiger partial charge in [0, 0.05) is 6.08 Å². The predicted octanol–water partition coefficient (Wildman–Crippen LogP) is 3.26. The van der Waals surface area contributed by atoms with Gasteiger partial charge in [0.05, 0.1) is 10.7 Å². The van der Waals surface area contributed by atoms with E-state index < -0.39 is 11.9 Å². The molecule has 0 aliphatic carbocycles. The number of carbonyl (C=O) groups is 2. The molecule has 0 fully saturated rings. The minimum atomic E-state index is -0.576. The molecule has 0 aliphatic heterocycles. The van der Waals surface area contributed by atoms with Gasteiger partial charge >= 0.3 is 5.97 Å². The van der Waals surface area contributed by atoms with E-state index in [2.05, 4.69) is 5.32 Å². The zero-order valence-corrected chi connectivity index (χ0v) is 12.1. The van der Waals surface area contributed by atoms with E-state index in [4.69, 9.17) is 16.3 Å². The average molecular weight is 294 g/mol. The molecular weight excluding hydrogens is 278 g/mol. The Hall–Kier alpha value is -2.07. The summed E-state index contributed by atoms with van der Waals surface area (Å²) in [5.74, 6) is -1.02. The number of hydrogen-bond donors (Lipinski definition) is 1. The summed E-state index contributed by atoms with van der Waals surface area (Å²) in [6.07, 6.45) is 6.24. The second-order valence-corrected chi connectivity index (χ2v) is 4.43. The van der Waals surface area contributed by atoms with Crippen molar-refractivity contribution in [3.05, 3.63) is 53.1 Å². The van der Waals surface area contributed by atoms with Crippen LogP contribution in [0.15, 0.2) is 42.5 Å². The van der Waals surface area contributed by atoms with E-state index in [9.17, 15) is 9.59 Å². The molecule has 1 amide bonds. The van der Waals surface area contributed by atoms with Crippen LogP contribution in [-0.2, 0) is 14.3 Å². The minimum absolute atomic E-state index is 0.358. The van der Waals surface area contributed by atoms with Crippen LogP contribution >= 0.6 is 11.6 Å². The van der Waals surface area contributed by atoms with Crippen LogP contribution in [0.25, 0.3) is 0 Å². The third-order valence-electron chi connectivity index (χ3n) is 2.28. The Morgan fingerprint density at radius 2 is 2.10 bits per heavy atom. The highest BCUT2D eigenvalue weighted by atomic mass is 35.5. The van der Waals surface area contributed by atoms with Crippen molar-refractivity contribution in [2.45, 2.75) is 13.8 Å². The lowest BCUT2D eigenvalue weighted by Gasteiger charge is -2.07. The molecule has 0 saturated carbocycles. The number of aryl methyl sites for hydroxylation is 1. The summed E-state index contributed by atoms with van der Waals surface area (Å²) in [6.45, 7) is 3.37. The molecule has 0 saturated heterocycles. The highest BCUT2D eigenvalue weighted by molar-refractivity contribution is 6.33. The number of rotatable bonds is 5. The van der Waals surface area contributed by atoms with Crippen LogP contribution in [0.5, 0.6) is 0 Å². The molecule has 0 bridgehead atoms. The maximum absolute atomic E-state index is 11.6. The van der Waals surface area contributed by atoms with Gasteiger partial charge < -0.3 is 10.1 Å². The van der Waals surface area contributed by atoms with E-state index in [-0.39, 0.29) is 6.61 Å². The molecule has 1 aromatic carbocycles. The number of benzene rings is 1. The number of carbonyl (C=O) groups excluding carboxylic acids is 2. The SMILES string of the molecule is C/C=C/C=C/C(=O)OCC(=O)Nc1ccc(C)cc1Cl. The van der Waals surface area contributed by atoms with Crippen LogP contribution in [-0.4, -0.2) is 18.5 Å². The lowest BCUT2D eigenvalue weighted by atomic mass is 10.2. The lowest BCUT2D eigenvalue weighted by Crippen LogP contribution is -2.20. The van der Waals surface area contributed by atoms with Gasteiger partial charge in [-0.2, -0.15) is 0 Å². The molecule has 20 heavy (non-hydrogen) atoms. The quantitative estimate of drug-likeness (QED) is 0.515. The molecule has 5 heteroatoms. The second kappa shape index (κ2) is 8.17. The summed E-state index contributed by atoms with van der Waals surface area (Å²) in [5, 5.41) is 3.02.